The maximum absolute atomic E-state index is 12.5. The summed E-state index contributed by atoms with van der Waals surface area (Å²) >= 11 is 0. The number of carbonyl (C=O) groups is 2. The summed E-state index contributed by atoms with van der Waals surface area (Å²) in [6, 6.07) is 0. The molecule has 2 fully saturated rings. The largest absolute Gasteiger partial charge is 0.459 e. The van der Waals surface area contributed by atoms with Crippen LogP contribution >= 0.6 is 0 Å². The molecule has 0 unspecified atom stereocenters. The normalized spacial score (nSPS) is 46.6. The van der Waals surface area contributed by atoms with Gasteiger partial charge >= 0.3 is 5.97 Å². The van der Waals surface area contributed by atoms with Crippen LogP contribution in [0.2, 0.25) is 0 Å². The second-order valence-corrected chi connectivity index (χ2v) is 9.40. The smallest absolute Gasteiger partial charge is 0.303 e. The predicted molar refractivity (Wildman–Crippen MR) is 104 cm³/mol. The lowest BCUT2D eigenvalue weighted by Crippen LogP contribution is -2.65. The molecule has 7 heteroatoms. The van der Waals surface area contributed by atoms with Crippen molar-refractivity contribution in [1.29, 1.82) is 0 Å². The molecule has 0 amide bonds. The Bertz CT molecular complexity index is 756. The van der Waals surface area contributed by atoms with Gasteiger partial charge in [0, 0.05) is 13.3 Å². The average Bonchev–Trinajstić information content (AvgIpc) is 2.89. The molecule has 1 saturated heterocycles. The third-order valence-corrected chi connectivity index (χ3v) is 7.81. The van der Waals surface area contributed by atoms with E-state index in [2.05, 4.69) is 6.58 Å². The molecular formula is C22H32O7. The van der Waals surface area contributed by atoms with Gasteiger partial charge in [-0.05, 0) is 43.6 Å². The highest BCUT2D eigenvalue weighted by Crippen LogP contribution is 2.66. The van der Waals surface area contributed by atoms with Gasteiger partial charge in [-0.2, -0.15) is 0 Å². The lowest BCUT2D eigenvalue weighted by Gasteiger charge is -2.60. The number of aliphatic hydroxyl groups is 3. The van der Waals surface area contributed by atoms with Crippen LogP contribution in [0.25, 0.3) is 0 Å². The first-order valence-electron chi connectivity index (χ1n) is 10.1. The Hall–Kier alpha value is -1.54. The highest BCUT2D eigenvalue weighted by atomic mass is 16.7. The van der Waals surface area contributed by atoms with Gasteiger partial charge in [-0.25, -0.2) is 0 Å². The molecule has 1 saturated carbocycles. The van der Waals surface area contributed by atoms with Crippen molar-refractivity contribution in [1.82, 2.24) is 0 Å². The molecule has 162 valence electrons. The molecule has 3 N–H and O–H groups in total. The average molecular weight is 408 g/mol. The van der Waals surface area contributed by atoms with Gasteiger partial charge in [0.25, 0.3) is 0 Å². The molecular weight excluding hydrogens is 376 g/mol. The van der Waals surface area contributed by atoms with Gasteiger partial charge in [0.05, 0.1) is 11.5 Å². The maximum Gasteiger partial charge on any atom is 0.303 e. The summed E-state index contributed by atoms with van der Waals surface area (Å²) in [4.78, 5) is 24.6. The number of ether oxygens (including phenoxy) is 2. The third kappa shape index (κ3) is 3.02. The van der Waals surface area contributed by atoms with E-state index in [9.17, 15) is 24.9 Å². The van der Waals surface area contributed by atoms with Gasteiger partial charge in [-0.1, -0.05) is 25.5 Å². The molecule has 1 heterocycles. The Morgan fingerprint density at radius 3 is 2.62 bits per heavy atom. The van der Waals surface area contributed by atoms with E-state index in [-0.39, 0.29) is 12.2 Å². The Morgan fingerprint density at radius 1 is 1.45 bits per heavy atom. The first-order chi connectivity index (χ1) is 13.3. The zero-order chi connectivity index (χ0) is 21.9. The Kier molecular flexibility index (Phi) is 5.36. The van der Waals surface area contributed by atoms with Crippen LogP contribution in [-0.2, 0) is 19.1 Å². The van der Waals surface area contributed by atoms with Gasteiger partial charge in [-0.15, -0.1) is 6.58 Å². The molecule has 3 aliphatic rings. The molecule has 1 aliphatic heterocycles. The standard InChI is InChI=1S/C22H32O7/c1-7-21(6,27)17-18(28-13(4)23)22(19(26)29-17)12(3)15(25)10-20(5)11(2)8-14(24)9-16(20)22/h7-8,12,15-19,25-27H,1,9-10H2,2-6H3/t12-,15-,16+,17-,18+,19+,20+,21+,22-/m0/s1. The number of carbonyl (C=O) groups excluding carboxylic acids is 2. The molecule has 29 heavy (non-hydrogen) atoms. The molecule has 0 bridgehead atoms. The molecule has 2 aliphatic carbocycles. The SMILES string of the molecule is C=C[C@@](C)(O)[C@H]1O[C@@H](O)[C@@]2([C@@H]1OC(C)=O)[C@@H](C)[C@@H](O)C[C@]1(C)C(C)=CC(=O)C[C@@H]21. The molecule has 1 spiro atoms. The van der Waals surface area contributed by atoms with Gasteiger partial charge in [-0.3, -0.25) is 9.59 Å². The van der Waals surface area contributed by atoms with Crippen molar-refractivity contribution in [2.75, 3.05) is 0 Å². The number of allylic oxidation sites excluding steroid dienone is 2. The molecule has 3 rings (SSSR count). The van der Waals surface area contributed by atoms with Crippen LogP contribution in [-0.4, -0.2) is 57.3 Å². The minimum Gasteiger partial charge on any atom is -0.459 e. The summed E-state index contributed by atoms with van der Waals surface area (Å²) in [5, 5.41) is 33.1. The number of hydrogen-bond donors (Lipinski definition) is 3. The summed E-state index contributed by atoms with van der Waals surface area (Å²) in [5.74, 6) is -1.68. The minimum atomic E-state index is -1.60. The van der Waals surface area contributed by atoms with Crippen molar-refractivity contribution in [2.24, 2.45) is 22.7 Å². The molecule has 9 atom stereocenters. The second-order valence-electron chi connectivity index (χ2n) is 9.40. The lowest BCUT2D eigenvalue weighted by molar-refractivity contribution is -0.234. The van der Waals surface area contributed by atoms with Crippen LogP contribution in [0.15, 0.2) is 24.3 Å². The van der Waals surface area contributed by atoms with E-state index in [1.807, 2.05) is 13.8 Å². The van der Waals surface area contributed by atoms with Crippen molar-refractivity contribution < 1.29 is 34.4 Å². The molecule has 0 radical (unpaired) electrons. The monoisotopic (exact) mass is 408 g/mol. The van der Waals surface area contributed by atoms with E-state index >= 15 is 0 Å². The van der Waals surface area contributed by atoms with Gasteiger partial charge in [0.2, 0.25) is 0 Å². The predicted octanol–water partition coefficient (Wildman–Crippen LogP) is 1.50. The van der Waals surface area contributed by atoms with Crippen molar-refractivity contribution in [2.45, 2.75) is 77.7 Å². The molecule has 0 aromatic rings. The number of ketones is 1. The van der Waals surface area contributed by atoms with Crippen molar-refractivity contribution in [3.63, 3.8) is 0 Å². The fourth-order valence-corrected chi connectivity index (χ4v) is 5.95. The zero-order valence-electron chi connectivity index (χ0n) is 17.7. The maximum atomic E-state index is 12.5. The summed E-state index contributed by atoms with van der Waals surface area (Å²) in [6.45, 7) is 11.9. The van der Waals surface area contributed by atoms with Crippen LogP contribution in [0.3, 0.4) is 0 Å². The first-order valence-corrected chi connectivity index (χ1v) is 10.1. The lowest BCUT2D eigenvalue weighted by atomic mass is 9.44. The number of fused-ring (bicyclic) bond motifs is 2. The van der Waals surface area contributed by atoms with E-state index in [1.54, 1.807) is 13.0 Å². The topological polar surface area (TPSA) is 113 Å². The Morgan fingerprint density at radius 2 is 2.07 bits per heavy atom. The highest BCUT2D eigenvalue weighted by molar-refractivity contribution is 5.92. The van der Waals surface area contributed by atoms with E-state index < -0.39 is 58.8 Å². The van der Waals surface area contributed by atoms with Crippen LogP contribution in [0, 0.1) is 22.7 Å². The minimum absolute atomic E-state index is 0.0827. The number of esters is 1. The number of aliphatic hydroxyl groups excluding tert-OH is 2. The summed E-state index contributed by atoms with van der Waals surface area (Å²) in [5.41, 5.74) is -2.66. The van der Waals surface area contributed by atoms with Crippen molar-refractivity contribution >= 4 is 11.8 Å². The fraction of sp³-hybridized carbons (Fsp3) is 0.727. The quantitative estimate of drug-likeness (QED) is 0.479. The number of hydrogen-bond acceptors (Lipinski definition) is 7. The fourth-order valence-electron chi connectivity index (χ4n) is 5.95. The summed E-state index contributed by atoms with van der Waals surface area (Å²) in [6.07, 6.45) is -1.03. The zero-order valence-corrected chi connectivity index (χ0v) is 17.7. The van der Waals surface area contributed by atoms with Crippen LogP contribution in [0.1, 0.15) is 47.5 Å². The van der Waals surface area contributed by atoms with Crippen LogP contribution < -0.4 is 0 Å². The van der Waals surface area contributed by atoms with Gasteiger partial charge in [0.15, 0.2) is 12.1 Å². The van der Waals surface area contributed by atoms with E-state index in [1.165, 1.54) is 19.9 Å². The first kappa shape index (κ1) is 22.2. The van der Waals surface area contributed by atoms with Crippen molar-refractivity contribution in [3.05, 3.63) is 24.3 Å². The molecule has 7 nitrogen and oxygen atoms in total. The Balaban J connectivity index is 2.26. The Labute approximate surface area is 171 Å². The summed E-state index contributed by atoms with van der Waals surface area (Å²) < 4.78 is 11.5. The van der Waals surface area contributed by atoms with Crippen molar-refractivity contribution in [3.8, 4) is 0 Å². The van der Waals surface area contributed by atoms with E-state index in [0.717, 1.165) is 5.57 Å². The second kappa shape index (κ2) is 7.01. The van der Waals surface area contributed by atoms with Gasteiger partial charge < -0.3 is 24.8 Å². The van der Waals surface area contributed by atoms with Crippen LogP contribution in [0.4, 0.5) is 0 Å². The van der Waals surface area contributed by atoms with Gasteiger partial charge in [0.1, 0.15) is 17.8 Å². The van der Waals surface area contributed by atoms with E-state index in [4.69, 9.17) is 9.47 Å². The summed E-state index contributed by atoms with van der Waals surface area (Å²) in [7, 11) is 0. The molecule has 0 aromatic heterocycles. The van der Waals surface area contributed by atoms with E-state index in [0.29, 0.717) is 6.42 Å². The van der Waals surface area contributed by atoms with Crippen LogP contribution in [0.5, 0.6) is 0 Å². The molecule has 0 aromatic carbocycles. The highest BCUT2D eigenvalue weighted by Gasteiger charge is 2.73. The third-order valence-electron chi connectivity index (χ3n) is 7.81. The number of rotatable bonds is 3.